The summed E-state index contributed by atoms with van der Waals surface area (Å²) in [6.07, 6.45) is -0.219. The van der Waals surface area contributed by atoms with E-state index >= 15 is 9.18 Å². The molecule has 15 nitrogen and oxygen atoms in total. The molecule has 3 aliphatic heterocycles. The van der Waals surface area contributed by atoms with Gasteiger partial charge in [0.1, 0.15) is 23.7 Å². The van der Waals surface area contributed by atoms with E-state index < -0.39 is 92.2 Å². The second-order valence-electron chi connectivity index (χ2n) is 17.6. The highest BCUT2D eigenvalue weighted by Crippen LogP contribution is 2.47. The number of amides is 4. The smallest absolute Gasteiger partial charge is 0.427 e. The summed E-state index contributed by atoms with van der Waals surface area (Å²) >= 11 is 0. The largest absolute Gasteiger partial charge is 0.494 e. The van der Waals surface area contributed by atoms with Crippen molar-refractivity contribution >= 4 is 44.6 Å². The van der Waals surface area contributed by atoms with Gasteiger partial charge in [0.15, 0.2) is 11.6 Å². The number of nitrogens with zero attached hydrogens (tertiary/aromatic N) is 2. The average Bonchev–Trinajstić information content (AvgIpc) is 4.13. The number of fused-ring (bicyclic) bond motifs is 5. The molecule has 20 heteroatoms. The first-order chi connectivity index (χ1) is 29.2. The summed E-state index contributed by atoms with van der Waals surface area (Å²) in [5.74, 6) is -4.42. The van der Waals surface area contributed by atoms with Crippen LogP contribution in [-0.2, 0) is 35.6 Å². The molecule has 2 saturated carbocycles. The van der Waals surface area contributed by atoms with E-state index in [2.05, 4.69) is 20.3 Å². The minimum Gasteiger partial charge on any atom is -0.494 e. The first-order valence-corrected chi connectivity index (χ1v) is 22.6. The van der Waals surface area contributed by atoms with Crippen molar-refractivity contribution in [1.29, 1.82) is 0 Å². The molecule has 3 fully saturated rings. The number of nitrogens with one attached hydrogen (secondary N) is 3. The zero-order valence-electron chi connectivity index (χ0n) is 35.2. The fourth-order valence-electron chi connectivity index (χ4n) is 8.66. The minimum atomic E-state index is -4.94. The summed E-state index contributed by atoms with van der Waals surface area (Å²) in [4.78, 5) is 62.6. The van der Waals surface area contributed by atoms with Crippen molar-refractivity contribution in [1.82, 2.24) is 25.2 Å². The molecular formula is C42H53F4N5O10S. The predicted octanol–water partition coefficient (Wildman–Crippen LogP) is 5.38. The molecule has 2 aromatic rings. The first kappa shape index (κ1) is 45.2. The maximum Gasteiger partial charge on any atom is 0.427 e. The molecule has 7 atom stereocenters. The van der Waals surface area contributed by atoms with Crippen LogP contribution in [0.5, 0.6) is 17.5 Å². The maximum absolute atomic E-state index is 15.3. The van der Waals surface area contributed by atoms with Gasteiger partial charge in [0, 0.05) is 23.3 Å². The zero-order chi connectivity index (χ0) is 44.9. The number of rotatable bonds is 9. The molecular weight excluding hydrogens is 843 g/mol. The molecule has 5 aliphatic rings. The summed E-state index contributed by atoms with van der Waals surface area (Å²) in [6, 6.07) is -0.178. The Balaban J connectivity index is 1.27. The van der Waals surface area contributed by atoms with Gasteiger partial charge in [-0.1, -0.05) is 32.4 Å². The number of halogens is 4. The number of benzene rings is 1. The first-order valence-electron chi connectivity index (χ1n) is 21.1. The van der Waals surface area contributed by atoms with Gasteiger partial charge in [-0.2, -0.15) is 18.2 Å². The Kier molecular flexibility index (Phi) is 12.4. The number of carbonyl (C=O) groups excluding carboxylic acids is 4. The average molecular weight is 896 g/mol. The Morgan fingerprint density at radius 3 is 2.53 bits per heavy atom. The lowest BCUT2D eigenvalue weighted by Crippen LogP contribution is -2.59. The van der Waals surface area contributed by atoms with Crippen LogP contribution < -0.4 is 29.6 Å². The van der Waals surface area contributed by atoms with Crippen molar-refractivity contribution < 1.29 is 64.1 Å². The van der Waals surface area contributed by atoms with Crippen molar-refractivity contribution in [3.8, 4) is 17.5 Å². The van der Waals surface area contributed by atoms with E-state index in [4.69, 9.17) is 18.9 Å². The summed E-state index contributed by atoms with van der Waals surface area (Å²) in [5.41, 5.74) is -3.90. The van der Waals surface area contributed by atoms with Crippen LogP contribution >= 0.6 is 0 Å². The molecule has 62 heavy (non-hydrogen) atoms. The number of allylic oxidation sites excluding steroid dienone is 1. The van der Waals surface area contributed by atoms with E-state index in [1.54, 1.807) is 13.0 Å². The standard InChI is InChI=1S/C42H53F4N5O10S/c1-6-23-16-22(2)10-7-8-11-24-20-41(24,38(54)50-62(56,57)26-13-14-26)49-34(52)31-17-25(21-51(31)37(53)33(23)47-39(55)61-40(3,4)42(44,45)46)60-36-29-18-30(43)32(58-5)19-28(29)27-12-9-15-59-35(27)48-36/h8,11,18-19,22-26,31,33H,6-7,9-10,12-17,20-21H2,1-5H3,(H,47,55)(H,49,52)(H,50,54)/b11-8-/t22-,23-,24-,25-,31+,33+,41-/m1/s1. The van der Waals surface area contributed by atoms with Gasteiger partial charge in [0.25, 0.3) is 5.91 Å². The van der Waals surface area contributed by atoms with Gasteiger partial charge in [-0.3, -0.25) is 19.1 Å². The fourth-order valence-corrected chi connectivity index (χ4v) is 10.0. The number of hydrogen-bond acceptors (Lipinski definition) is 11. The van der Waals surface area contributed by atoms with E-state index in [1.807, 2.05) is 13.0 Å². The van der Waals surface area contributed by atoms with Gasteiger partial charge < -0.3 is 34.5 Å². The molecule has 0 radical (unpaired) electrons. The zero-order valence-corrected chi connectivity index (χ0v) is 36.0. The van der Waals surface area contributed by atoms with Gasteiger partial charge in [0.05, 0.1) is 25.5 Å². The van der Waals surface area contributed by atoms with Gasteiger partial charge in [-0.25, -0.2) is 17.6 Å². The molecule has 0 bridgehead atoms. The summed E-state index contributed by atoms with van der Waals surface area (Å²) < 4.78 is 107. The van der Waals surface area contributed by atoms with Gasteiger partial charge in [-0.15, -0.1) is 0 Å². The SMILES string of the molecule is CC[C@@H]1C[C@H](C)CC/C=C\[C@@H]2C[C@@]2(C(=O)NS(=O)(=O)C2CC2)NC(=O)[C@@H]2C[C@@H](Oc3nc4c(c5cc(OC)c(F)cc35)CCCO4)CN2C(=O)[C@H]1NC(=O)OC(C)(C)C(F)(F)F. The monoisotopic (exact) mass is 895 g/mol. The van der Waals surface area contributed by atoms with E-state index in [0.29, 0.717) is 82.8 Å². The normalized spacial score (nSPS) is 28.8. The van der Waals surface area contributed by atoms with Gasteiger partial charge in [0.2, 0.25) is 39.2 Å². The Morgan fingerprint density at radius 1 is 1.11 bits per heavy atom. The lowest BCUT2D eigenvalue weighted by molar-refractivity contribution is -0.244. The number of ether oxygens (including phenoxy) is 4. The molecule has 1 saturated heterocycles. The molecule has 3 N–H and O–H groups in total. The summed E-state index contributed by atoms with van der Waals surface area (Å²) in [5, 5.41) is 5.27. The third-order valence-electron chi connectivity index (χ3n) is 12.7. The van der Waals surface area contributed by atoms with Crippen LogP contribution in [-0.4, -0.2) is 103 Å². The molecule has 0 spiro atoms. The Bertz CT molecular complexity index is 2250. The topological polar surface area (TPSA) is 192 Å². The van der Waals surface area contributed by atoms with Gasteiger partial charge >= 0.3 is 12.3 Å². The number of methoxy groups -OCH3 is 1. The fraction of sp³-hybridized carbons (Fsp3) is 0.643. The number of aromatic nitrogens is 1. The van der Waals surface area contributed by atoms with E-state index in [9.17, 15) is 36.0 Å². The third-order valence-corrected chi connectivity index (χ3v) is 14.5. The number of pyridine rings is 1. The van der Waals surface area contributed by atoms with Crippen molar-refractivity contribution in [2.75, 3.05) is 20.3 Å². The van der Waals surface area contributed by atoms with Crippen LogP contribution in [0.2, 0.25) is 0 Å². The summed E-state index contributed by atoms with van der Waals surface area (Å²) in [7, 11) is -2.69. The van der Waals surface area contributed by atoms with E-state index in [1.165, 1.54) is 19.2 Å². The predicted molar refractivity (Wildman–Crippen MR) is 215 cm³/mol. The number of sulfonamides is 1. The second-order valence-corrected chi connectivity index (χ2v) is 19.6. The molecule has 1 aromatic heterocycles. The van der Waals surface area contributed by atoms with E-state index in [-0.39, 0.29) is 48.2 Å². The maximum atomic E-state index is 15.3. The van der Waals surface area contributed by atoms with Crippen LogP contribution in [0, 0.1) is 23.6 Å². The lowest BCUT2D eigenvalue weighted by atomic mass is 9.85. The summed E-state index contributed by atoms with van der Waals surface area (Å²) in [6.45, 7) is 5.11. The Morgan fingerprint density at radius 2 is 1.85 bits per heavy atom. The number of aryl methyl sites for hydroxylation is 1. The minimum absolute atomic E-state index is 0.0249. The Hall–Kier alpha value is -4.88. The molecule has 4 amide bonds. The van der Waals surface area contributed by atoms with Crippen LogP contribution in [0.25, 0.3) is 10.8 Å². The molecule has 340 valence electrons. The molecule has 2 aliphatic carbocycles. The molecule has 7 rings (SSSR count). The highest BCUT2D eigenvalue weighted by molar-refractivity contribution is 7.91. The van der Waals surface area contributed by atoms with Crippen molar-refractivity contribution in [2.45, 2.75) is 133 Å². The quantitative estimate of drug-likeness (QED) is 0.217. The van der Waals surface area contributed by atoms with Crippen LogP contribution in [0.3, 0.4) is 0 Å². The van der Waals surface area contributed by atoms with Crippen molar-refractivity contribution in [3.05, 3.63) is 35.7 Å². The third kappa shape index (κ3) is 9.11. The highest BCUT2D eigenvalue weighted by atomic mass is 32.2. The highest BCUT2D eigenvalue weighted by Gasteiger charge is 2.62. The van der Waals surface area contributed by atoms with Crippen LogP contribution in [0.4, 0.5) is 22.4 Å². The van der Waals surface area contributed by atoms with Crippen molar-refractivity contribution in [3.63, 3.8) is 0 Å². The van der Waals surface area contributed by atoms with E-state index in [0.717, 1.165) is 4.90 Å². The second kappa shape index (κ2) is 17.0. The Labute approximate surface area is 357 Å². The number of alkyl carbamates (subject to hydrolysis) is 1. The van der Waals surface area contributed by atoms with Crippen molar-refractivity contribution in [2.24, 2.45) is 17.8 Å². The number of carbonyl (C=O) groups is 4. The van der Waals surface area contributed by atoms with Crippen LogP contribution in [0.15, 0.2) is 24.3 Å². The lowest BCUT2D eigenvalue weighted by Gasteiger charge is -2.35. The molecule has 4 heterocycles. The number of alkyl halides is 3. The molecule has 0 unspecified atom stereocenters. The molecule has 1 aromatic carbocycles. The van der Waals surface area contributed by atoms with Crippen LogP contribution in [0.1, 0.15) is 91.0 Å². The number of hydrogen-bond donors (Lipinski definition) is 3. The van der Waals surface area contributed by atoms with Gasteiger partial charge in [-0.05, 0) is 94.6 Å².